The number of carbonyl (C=O) groups is 2. The molecule has 1 heterocycles. The zero-order valence-electron chi connectivity index (χ0n) is 9.87. The van der Waals surface area contributed by atoms with Gasteiger partial charge in [0.1, 0.15) is 0 Å². The fraction of sp³-hybridized carbons (Fsp3) is 0.385. The monoisotopic (exact) mass is 251 g/mol. The van der Waals surface area contributed by atoms with Crippen LogP contribution in [0.1, 0.15) is 22.8 Å². The summed E-state index contributed by atoms with van der Waals surface area (Å²) in [6.07, 6.45) is 0. The van der Waals surface area contributed by atoms with Crippen LogP contribution in [-0.2, 0) is 4.79 Å². The second-order valence-electron chi connectivity index (χ2n) is 4.52. The smallest absolute Gasteiger partial charge is 0.299 e. The molecule has 1 aromatic carbocycles. The van der Waals surface area contributed by atoms with Crippen molar-refractivity contribution in [3.8, 4) is 0 Å². The summed E-state index contributed by atoms with van der Waals surface area (Å²) < 4.78 is 0. The lowest BCUT2D eigenvalue weighted by atomic mass is 10.1. The van der Waals surface area contributed by atoms with E-state index in [-0.39, 0.29) is 5.92 Å². The maximum Gasteiger partial charge on any atom is 0.299 e. The lowest BCUT2D eigenvalue weighted by Crippen LogP contribution is -2.34. The van der Waals surface area contributed by atoms with E-state index in [0.29, 0.717) is 23.7 Å². The Bertz CT molecular complexity index is 484. The summed E-state index contributed by atoms with van der Waals surface area (Å²) in [4.78, 5) is 25.2. The molecule has 0 radical (unpaired) electrons. The number of Topliss-reactive ketones (excluding diaryl/α,β-unsaturated/α-hetero) is 1. The number of benzene rings is 1. The molecule has 0 bridgehead atoms. The lowest BCUT2D eigenvalue weighted by molar-refractivity contribution is -0.114. The van der Waals surface area contributed by atoms with E-state index in [1.165, 1.54) is 4.90 Å². The molecule has 0 aromatic heterocycles. The van der Waals surface area contributed by atoms with Crippen molar-refractivity contribution < 1.29 is 9.59 Å². The van der Waals surface area contributed by atoms with Gasteiger partial charge in [0.05, 0.1) is 11.3 Å². The average molecular weight is 252 g/mol. The number of amides is 1. The topological polar surface area (TPSA) is 37.4 Å². The van der Waals surface area contributed by atoms with Crippen molar-refractivity contribution >= 4 is 29.0 Å². The second kappa shape index (κ2) is 4.49. The van der Waals surface area contributed by atoms with Crippen molar-refractivity contribution in [2.45, 2.75) is 13.8 Å². The van der Waals surface area contributed by atoms with E-state index in [0.717, 1.165) is 5.56 Å². The maximum atomic E-state index is 11.9. The molecule has 1 aliphatic rings. The highest BCUT2D eigenvalue weighted by atomic mass is 35.5. The van der Waals surface area contributed by atoms with Gasteiger partial charge in [-0.15, -0.1) is 11.6 Å². The second-order valence-corrected chi connectivity index (χ2v) is 4.83. The van der Waals surface area contributed by atoms with Crippen LogP contribution in [-0.4, -0.2) is 24.1 Å². The number of aryl methyl sites for hydroxylation is 1. The van der Waals surface area contributed by atoms with Crippen molar-refractivity contribution in [1.29, 1.82) is 0 Å². The van der Waals surface area contributed by atoms with Crippen LogP contribution >= 0.6 is 11.6 Å². The molecular weight excluding hydrogens is 238 g/mol. The summed E-state index contributed by atoms with van der Waals surface area (Å²) in [5.41, 5.74) is 2.21. The Balaban J connectivity index is 2.38. The molecule has 90 valence electrons. The predicted octanol–water partition coefficient (Wildman–Crippen LogP) is 2.40. The van der Waals surface area contributed by atoms with Gasteiger partial charge in [0, 0.05) is 12.4 Å². The van der Waals surface area contributed by atoms with Gasteiger partial charge < -0.3 is 4.90 Å². The number of halogens is 1. The van der Waals surface area contributed by atoms with Gasteiger partial charge in [0.2, 0.25) is 0 Å². The molecule has 4 heteroatoms. The van der Waals surface area contributed by atoms with Crippen LogP contribution < -0.4 is 4.90 Å². The predicted molar refractivity (Wildman–Crippen MR) is 67.7 cm³/mol. The van der Waals surface area contributed by atoms with Gasteiger partial charge in [-0.25, -0.2) is 0 Å². The van der Waals surface area contributed by atoms with Crippen molar-refractivity contribution in [1.82, 2.24) is 0 Å². The molecule has 3 nitrogen and oxygen atoms in total. The Labute approximate surface area is 105 Å². The normalized spacial score (nSPS) is 16.3. The number of ketones is 1. The van der Waals surface area contributed by atoms with Gasteiger partial charge in [-0.2, -0.15) is 0 Å². The van der Waals surface area contributed by atoms with Gasteiger partial charge >= 0.3 is 0 Å². The van der Waals surface area contributed by atoms with E-state index in [1.54, 1.807) is 6.07 Å². The third-order valence-electron chi connectivity index (χ3n) is 2.88. The summed E-state index contributed by atoms with van der Waals surface area (Å²) >= 11 is 5.74. The highest BCUT2D eigenvalue weighted by molar-refractivity contribution is 6.52. The van der Waals surface area contributed by atoms with Crippen molar-refractivity contribution in [2.24, 2.45) is 5.92 Å². The highest BCUT2D eigenvalue weighted by Gasteiger charge is 2.36. The SMILES string of the molecule is Cc1ccc2c(c1)C(=O)C(=O)N2CC(C)CCl. The number of carbonyl (C=O) groups excluding carboxylic acids is 2. The molecule has 0 spiro atoms. The largest absolute Gasteiger partial charge is 0.304 e. The molecule has 0 saturated carbocycles. The van der Waals surface area contributed by atoms with Crippen LogP contribution in [0.25, 0.3) is 0 Å². The maximum absolute atomic E-state index is 11.9. The fourth-order valence-electron chi connectivity index (χ4n) is 1.96. The summed E-state index contributed by atoms with van der Waals surface area (Å²) in [5.74, 6) is -0.215. The van der Waals surface area contributed by atoms with Crippen LogP contribution in [0.4, 0.5) is 5.69 Å². The van der Waals surface area contributed by atoms with Gasteiger partial charge in [-0.1, -0.05) is 18.6 Å². The van der Waals surface area contributed by atoms with Gasteiger partial charge in [0.15, 0.2) is 0 Å². The molecule has 2 rings (SSSR count). The average Bonchev–Trinajstić information content (AvgIpc) is 2.54. The summed E-state index contributed by atoms with van der Waals surface area (Å²) in [6, 6.07) is 5.50. The zero-order chi connectivity index (χ0) is 12.6. The number of anilines is 1. The van der Waals surface area contributed by atoms with Crippen LogP contribution in [0, 0.1) is 12.8 Å². The standard InChI is InChI=1S/C13H14ClNO2/c1-8-3-4-11-10(5-8)12(16)13(17)15(11)7-9(2)6-14/h3-5,9H,6-7H2,1-2H3. The van der Waals surface area contributed by atoms with E-state index < -0.39 is 11.7 Å². The number of hydrogen-bond donors (Lipinski definition) is 0. The summed E-state index contributed by atoms with van der Waals surface area (Å²) in [5, 5.41) is 0. The molecule has 0 aliphatic carbocycles. The van der Waals surface area contributed by atoms with Crippen molar-refractivity contribution in [3.05, 3.63) is 29.3 Å². The Morgan fingerprint density at radius 1 is 1.35 bits per heavy atom. The molecule has 1 amide bonds. The van der Waals surface area contributed by atoms with Crippen LogP contribution in [0.15, 0.2) is 18.2 Å². The first-order chi connectivity index (χ1) is 8.04. The van der Waals surface area contributed by atoms with E-state index in [4.69, 9.17) is 11.6 Å². The lowest BCUT2D eigenvalue weighted by Gasteiger charge is -2.19. The van der Waals surface area contributed by atoms with E-state index in [9.17, 15) is 9.59 Å². The molecule has 17 heavy (non-hydrogen) atoms. The van der Waals surface area contributed by atoms with Crippen LogP contribution in [0.3, 0.4) is 0 Å². The van der Waals surface area contributed by atoms with Gasteiger partial charge in [0.25, 0.3) is 11.7 Å². The zero-order valence-corrected chi connectivity index (χ0v) is 10.6. The Morgan fingerprint density at radius 3 is 2.71 bits per heavy atom. The number of nitrogens with zero attached hydrogens (tertiary/aromatic N) is 1. The molecule has 1 unspecified atom stereocenters. The Morgan fingerprint density at radius 2 is 2.06 bits per heavy atom. The summed E-state index contributed by atoms with van der Waals surface area (Å²) in [6.45, 7) is 4.35. The quantitative estimate of drug-likeness (QED) is 0.611. The van der Waals surface area contributed by atoms with Crippen LogP contribution in [0.2, 0.25) is 0 Å². The van der Waals surface area contributed by atoms with Crippen LogP contribution in [0.5, 0.6) is 0 Å². The number of rotatable bonds is 3. The molecule has 1 aromatic rings. The first-order valence-electron chi connectivity index (χ1n) is 5.57. The minimum atomic E-state index is -0.442. The fourth-order valence-corrected chi connectivity index (χ4v) is 2.05. The van der Waals surface area contributed by atoms with Crippen molar-refractivity contribution in [3.63, 3.8) is 0 Å². The molecular formula is C13H14ClNO2. The minimum Gasteiger partial charge on any atom is -0.304 e. The Hall–Kier alpha value is -1.35. The minimum absolute atomic E-state index is 0.167. The van der Waals surface area contributed by atoms with E-state index in [2.05, 4.69) is 0 Å². The van der Waals surface area contributed by atoms with Crippen molar-refractivity contribution in [2.75, 3.05) is 17.3 Å². The summed E-state index contributed by atoms with van der Waals surface area (Å²) in [7, 11) is 0. The molecule has 1 atom stereocenters. The molecule has 0 fully saturated rings. The highest BCUT2D eigenvalue weighted by Crippen LogP contribution is 2.30. The number of alkyl halides is 1. The molecule has 0 N–H and O–H groups in total. The third kappa shape index (κ3) is 2.07. The number of hydrogen-bond acceptors (Lipinski definition) is 2. The van der Waals surface area contributed by atoms with Gasteiger partial charge in [-0.3, -0.25) is 9.59 Å². The molecule has 1 aliphatic heterocycles. The first kappa shape index (κ1) is 12.1. The first-order valence-corrected chi connectivity index (χ1v) is 6.11. The van der Waals surface area contributed by atoms with E-state index in [1.807, 2.05) is 26.0 Å². The molecule has 0 saturated heterocycles. The Kier molecular flexibility index (Phi) is 3.20. The van der Waals surface area contributed by atoms with E-state index >= 15 is 0 Å². The van der Waals surface area contributed by atoms with Gasteiger partial charge in [-0.05, 0) is 25.0 Å². The number of fused-ring (bicyclic) bond motifs is 1. The third-order valence-corrected chi connectivity index (χ3v) is 3.41.